The lowest BCUT2D eigenvalue weighted by Gasteiger charge is -2.11. The van der Waals surface area contributed by atoms with Crippen LogP contribution in [0.3, 0.4) is 0 Å². The molecule has 1 atom stereocenters. The van der Waals surface area contributed by atoms with Crippen LogP contribution in [0.15, 0.2) is 24.3 Å². The number of hydrogen-bond donors (Lipinski definition) is 2. The molecule has 2 aromatic rings. The van der Waals surface area contributed by atoms with Crippen molar-refractivity contribution in [1.82, 2.24) is 25.4 Å². The molecule has 1 aromatic heterocycles. The molecule has 0 spiro atoms. The second-order valence-corrected chi connectivity index (χ2v) is 5.98. The monoisotopic (exact) mass is 333 g/mol. The van der Waals surface area contributed by atoms with E-state index in [1.807, 2.05) is 27.7 Å². The van der Waals surface area contributed by atoms with E-state index in [1.165, 1.54) is 10.7 Å². The van der Waals surface area contributed by atoms with Gasteiger partial charge in [-0.05, 0) is 25.6 Å². The minimum atomic E-state index is -0.406. The van der Waals surface area contributed by atoms with Gasteiger partial charge < -0.3 is 10.6 Å². The fraction of sp³-hybridized carbons (Fsp3) is 0.471. The largest absolute Gasteiger partial charge is 0.348 e. The third-order valence-electron chi connectivity index (χ3n) is 3.55. The van der Waals surface area contributed by atoms with Gasteiger partial charge in [0, 0.05) is 18.5 Å². The number of rotatable bonds is 7. The third-order valence-corrected chi connectivity index (χ3v) is 3.55. The summed E-state index contributed by atoms with van der Waals surface area (Å²) in [6.45, 7) is 9.14. The highest BCUT2D eigenvalue weighted by atomic mass is 19.1. The van der Waals surface area contributed by atoms with Crippen molar-refractivity contribution in [2.24, 2.45) is 0 Å². The number of carbonyl (C=O) groups excluding carboxylic acids is 1. The normalized spacial score (nSPS) is 12.4. The molecule has 1 amide bonds. The molecule has 6 nitrogen and oxygen atoms in total. The molecule has 0 aliphatic heterocycles. The van der Waals surface area contributed by atoms with Gasteiger partial charge in [0.2, 0.25) is 5.82 Å². The predicted octanol–water partition coefficient (Wildman–Crippen LogP) is 2.26. The average molecular weight is 333 g/mol. The van der Waals surface area contributed by atoms with Crippen LogP contribution in [0.2, 0.25) is 0 Å². The number of aromatic nitrogens is 3. The summed E-state index contributed by atoms with van der Waals surface area (Å²) in [7, 11) is 0. The maximum atomic E-state index is 14.1. The minimum absolute atomic E-state index is 0.000613. The smallest absolute Gasteiger partial charge is 0.291 e. The molecular weight excluding hydrogens is 309 g/mol. The Labute approximate surface area is 141 Å². The number of hydrogen-bond acceptors (Lipinski definition) is 4. The zero-order valence-corrected chi connectivity index (χ0v) is 14.5. The van der Waals surface area contributed by atoms with Crippen molar-refractivity contribution in [2.45, 2.75) is 39.7 Å². The van der Waals surface area contributed by atoms with E-state index in [-0.39, 0.29) is 29.4 Å². The minimum Gasteiger partial charge on any atom is -0.348 e. The van der Waals surface area contributed by atoms with Gasteiger partial charge in [-0.25, -0.2) is 14.1 Å². The number of nitrogens with one attached hydrogen (secondary N) is 2. The van der Waals surface area contributed by atoms with Crippen LogP contribution in [0, 0.1) is 5.82 Å². The fourth-order valence-electron chi connectivity index (χ4n) is 2.34. The molecule has 2 rings (SSSR count). The first-order chi connectivity index (χ1) is 11.4. The van der Waals surface area contributed by atoms with Crippen LogP contribution < -0.4 is 10.6 Å². The van der Waals surface area contributed by atoms with E-state index in [9.17, 15) is 9.18 Å². The van der Waals surface area contributed by atoms with Gasteiger partial charge in [0.1, 0.15) is 17.3 Å². The standard InChI is InChI=1S/C17H24FN5O/c1-5-19-12(4)10-20-17(24)15-21-16(11(2)3)23(22-15)14-9-7-6-8-13(14)18/h6-9,11-12,19H,5,10H2,1-4H3,(H,20,24)/t12-/m1/s1. The molecule has 0 aliphatic rings. The van der Waals surface area contributed by atoms with E-state index in [2.05, 4.69) is 20.7 Å². The summed E-state index contributed by atoms with van der Waals surface area (Å²) in [5.74, 6) is -0.177. The van der Waals surface area contributed by atoms with Crippen LogP contribution in [0.4, 0.5) is 4.39 Å². The van der Waals surface area contributed by atoms with Crippen LogP contribution in [0.25, 0.3) is 5.69 Å². The molecule has 0 aliphatic carbocycles. The Morgan fingerprint density at radius 1 is 1.29 bits per heavy atom. The number of carbonyl (C=O) groups is 1. The van der Waals surface area contributed by atoms with Gasteiger partial charge in [0.15, 0.2) is 0 Å². The Bertz CT molecular complexity index is 698. The van der Waals surface area contributed by atoms with Crippen molar-refractivity contribution in [3.05, 3.63) is 41.7 Å². The molecule has 0 unspecified atom stereocenters. The summed E-state index contributed by atoms with van der Waals surface area (Å²) < 4.78 is 15.5. The van der Waals surface area contributed by atoms with Crippen molar-refractivity contribution in [3.8, 4) is 5.69 Å². The summed E-state index contributed by atoms with van der Waals surface area (Å²) in [5, 5.41) is 10.2. The molecule has 1 aromatic carbocycles. The van der Waals surface area contributed by atoms with E-state index in [0.717, 1.165) is 6.54 Å². The van der Waals surface area contributed by atoms with Gasteiger partial charge >= 0.3 is 0 Å². The fourth-order valence-corrected chi connectivity index (χ4v) is 2.34. The van der Waals surface area contributed by atoms with E-state index in [0.29, 0.717) is 12.4 Å². The van der Waals surface area contributed by atoms with Gasteiger partial charge in [0.05, 0.1) is 0 Å². The Balaban J connectivity index is 2.25. The number of likely N-dealkylation sites (N-methyl/N-ethyl adjacent to an activating group) is 1. The lowest BCUT2D eigenvalue weighted by Crippen LogP contribution is -2.39. The molecule has 0 saturated heterocycles. The Kier molecular flexibility index (Phi) is 6.03. The molecule has 1 heterocycles. The second kappa shape index (κ2) is 8.01. The molecule has 2 N–H and O–H groups in total. The number of nitrogens with zero attached hydrogens (tertiary/aromatic N) is 3. The van der Waals surface area contributed by atoms with Crippen LogP contribution in [0.5, 0.6) is 0 Å². The first kappa shape index (κ1) is 18.1. The molecule has 0 saturated carbocycles. The Hall–Kier alpha value is -2.28. The first-order valence-corrected chi connectivity index (χ1v) is 8.17. The highest BCUT2D eigenvalue weighted by Crippen LogP contribution is 2.19. The third kappa shape index (κ3) is 4.17. The van der Waals surface area contributed by atoms with Crippen molar-refractivity contribution in [1.29, 1.82) is 0 Å². The summed E-state index contributed by atoms with van der Waals surface area (Å²) in [6, 6.07) is 6.46. The van der Waals surface area contributed by atoms with Crippen molar-refractivity contribution >= 4 is 5.91 Å². The van der Waals surface area contributed by atoms with E-state index < -0.39 is 5.82 Å². The SMILES string of the molecule is CCN[C@H](C)CNC(=O)c1nc(C(C)C)n(-c2ccccc2F)n1. The van der Waals surface area contributed by atoms with Crippen LogP contribution in [-0.4, -0.2) is 39.8 Å². The second-order valence-electron chi connectivity index (χ2n) is 5.98. The first-order valence-electron chi connectivity index (χ1n) is 8.17. The lowest BCUT2D eigenvalue weighted by atomic mass is 10.2. The summed E-state index contributed by atoms with van der Waals surface area (Å²) >= 11 is 0. The predicted molar refractivity (Wildman–Crippen MR) is 90.9 cm³/mol. The lowest BCUT2D eigenvalue weighted by molar-refractivity contribution is 0.0940. The molecular formula is C17H24FN5O. The topological polar surface area (TPSA) is 71.8 Å². The molecule has 24 heavy (non-hydrogen) atoms. The van der Waals surface area contributed by atoms with Gasteiger partial charge in [-0.2, -0.15) is 0 Å². The maximum Gasteiger partial charge on any atom is 0.291 e. The number of para-hydroxylation sites is 1. The maximum absolute atomic E-state index is 14.1. The van der Waals surface area contributed by atoms with Crippen molar-refractivity contribution in [3.63, 3.8) is 0 Å². The Morgan fingerprint density at radius 3 is 2.62 bits per heavy atom. The van der Waals surface area contributed by atoms with E-state index >= 15 is 0 Å². The highest BCUT2D eigenvalue weighted by molar-refractivity contribution is 5.90. The van der Waals surface area contributed by atoms with Crippen molar-refractivity contribution < 1.29 is 9.18 Å². The van der Waals surface area contributed by atoms with Gasteiger partial charge in [-0.1, -0.05) is 32.9 Å². The quantitative estimate of drug-likeness (QED) is 0.815. The summed E-state index contributed by atoms with van der Waals surface area (Å²) in [4.78, 5) is 16.6. The molecule has 0 radical (unpaired) electrons. The van der Waals surface area contributed by atoms with Gasteiger partial charge in [-0.3, -0.25) is 4.79 Å². The van der Waals surface area contributed by atoms with E-state index in [4.69, 9.17) is 0 Å². The molecule has 0 fully saturated rings. The average Bonchev–Trinajstić information content (AvgIpc) is 2.99. The highest BCUT2D eigenvalue weighted by Gasteiger charge is 2.21. The van der Waals surface area contributed by atoms with Crippen LogP contribution in [0.1, 0.15) is 50.1 Å². The number of benzene rings is 1. The number of halogens is 1. The summed E-state index contributed by atoms with van der Waals surface area (Å²) in [6.07, 6.45) is 0. The molecule has 7 heteroatoms. The summed E-state index contributed by atoms with van der Waals surface area (Å²) in [5.41, 5.74) is 0.286. The molecule has 130 valence electrons. The van der Waals surface area contributed by atoms with E-state index in [1.54, 1.807) is 18.2 Å². The zero-order valence-electron chi connectivity index (χ0n) is 14.5. The van der Waals surface area contributed by atoms with Crippen LogP contribution in [-0.2, 0) is 0 Å². The zero-order chi connectivity index (χ0) is 17.7. The van der Waals surface area contributed by atoms with Gasteiger partial charge in [0.25, 0.3) is 5.91 Å². The Morgan fingerprint density at radius 2 is 2.00 bits per heavy atom. The van der Waals surface area contributed by atoms with Crippen molar-refractivity contribution in [2.75, 3.05) is 13.1 Å². The van der Waals surface area contributed by atoms with Crippen LogP contribution >= 0.6 is 0 Å². The molecule has 0 bridgehead atoms. The number of amides is 1. The van der Waals surface area contributed by atoms with Gasteiger partial charge in [-0.15, -0.1) is 5.10 Å².